The van der Waals surface area contributed by atoms with Gasteiger partial charge in [-0.15, -0.1) is 0 Å². The van der Waals surface area contributed by atoms with Crippen molar-refractivity contribution < 1.29 is 5.11 Å². The summed E-state index contributed by atoms with van der Waals surface area (Å²) in [7, 11) is 0. The Bertz CT molecular complexity index is 379. The number of nitrogens with two attached hydrogens (primary N) is 1. The summed E-state index contributed by atoms with van der Waals surface area (Å²) in [4.78, 5) is 6.37. The van der Waals surface area contributed by atoms with Crippen molar-refractivity contribution in [1.82, 2.24) is 9.88 Å². The van der Waals surface area contributed by atoms with Crippen LogP contribution in [0.4, 0.5) is 5.82 Å². The van der Waals surface area contributed by atoms with Crippen molar-refractivity contribution in [1.29, 1.82) is 0 Å². The Balaban J connectivity index is 2.73. The average Bonchev–Trinajstić information content (AvgIpc) is 2.31. The van der Waals surface area contributed by atoms with Gasteiger partial charge in [0.05, 0.1) is 6.10 Å². The Hall–Kier alpha value is -1.13. The van der Waals surface area contributed by atoms with E-state index in [0.717, 1.165) is 24.1 Å². The molecule has 0 saturated heterocycles. The average molecular weight is 251 g/mol. The molecule has 0 saturated carbocycles. The monoisotopic (exact) mass is 251 g/mol. The summed E-state index contributed by atoms with van der Waals surface area (Å²) < 4.78 is 0. The number of aromatic nitrogens is 1. The Labute approximate surface area is 110 Å². The van der Waals surface area contributed by atoms with Crippen LogP contribution in [0.5, 0.6) is 0 Å². The number of rotatable bonds is 6. The van der Waals surface area contributed by atoms with Crippen molar-refractivity contribution in [3.8, 4) is 0 Å². The van der Waals surface area contributed by atoms with Crippen LogP contribution >= 0.6 is 0 Å². The molecule has 0 spiro atoms. The van der Waals surface area contributed by atoms with E-state index in [1.165, 1.54) is 0 Å². The van der Waals surface area contributed by atoms with E-state index in [2.05, 4.69) is 30.7 Å². The van der Waals surface area contributed by atoms with Crippen molar-refractivity contribution in [2.24, 2.45) is 0 Å². The summed E-state index contributed by atoms with van der Waals surface area (Å²) in [6.07, 6.45) is 2.24. The number of anilines is 1. The molecule has 3 N–H and O–H groups in total. The third kappa shape index (κ3) is 3.96. The molecule has 4 nitrogen and oxygen atoms in total. The zero-order valence-corrected chi connectivity index (χ0v) is 11.8. The number of hydrogen-bond acceptors (Lipinski definition) is 4. The van der Waals surface area contributed by atoms with Gasteiger partial charge in [0.2, 0.25) is 0 Å². The quantitative estimate of drug-likeness (QED) is 0.813. The first-order valence-electron chi connectivity index (χ1n) is 6.59. The molecule has 0 aliphatic carbocycles. The number of nitrogens with zero attached hydrogens (tertiary/aromatic N) is 2. The molecule has 18 heavy (non-hydrogen) atoms. The fraction of sp³-hybridized carbons (Fsp3) is 0.643. The van der Waals surface area contributed by atoms with Gasteiger partial charge < -0.3 is 10.8 Å². The third-order valence-corrected chi connectivity index (χ3v) is 3.17. The van der Waals surface area contributed by atoms with Gasteiger partial charge in [0.25, 0.3) is 0 Å². The van der Waals surface area contributed by atoms with Crippen molar-refractivity contribution in [3.05, 3.63) is 23.4 Å². The molecule has 0 aliphatic heterocycles. The van der Waals surface area contributed by atoms with Crippen molar-refractivity contribution in [3.63, 3.8) is 0 Å². The molecule has 1 heterocycles. The van der Waals surface area contributed by atoms with Gasteiger partial charge in [-0.1, -0.05) is 6.92 Å². The third-order valence-electron chi connectivity index (χ3n) is 3.17. The molecular formula is C14H25N3O. The fourth-order valence-corrected chi connectivity index (χ4v) is 1.96. The van der Waals surface area contributed by atoms with Crippen molar-refractivity contribution in [2.75, 3.05) is 18.8 Å². The first kappa shape index (κ1) is 14.9. The first-order valence-corrected chi connectivity index (χ1v) is 6.59. The van der Waals surface area contributed by atoms with Gasteiger partial charge in [0, 0.05) is 24.3 Å². The maximum absolute atomic E-state index is 10.3. The summed E-state index contributed by atoms with van der Waals surface area (Å²) in [6, 6.07) is 2.35. The molecular weight excluding hydrogens is 226 g/mol. The lowest BCUT2D eigenvalue weighted by Gasteiger charge is -2.28. The standard InChI is InChI=1S/C14H25N3O/c1-5-6-17(10(2)3)9-13(18)12-7-11(4)14(15)16-8-12/h7-8,10,13,18H,5-6,9H2,1-4H3,(H2,15,16)/t13-/m1/s1. The predicted molar refractivity (Wildman–Crippen MR) is 75.3 cm³/mol. The van der Waals surface area contributed by atoms with Crippen LogP contribution in [0.1, 0.15) is 44.4 Å². The number of aliphatic hydroxyl groups excluding tert-OH is 1. The van der Waals surface area contributed by atoms with Crippen LogP contribution in [0.2, 0.25) is 0 Å². The normalized spacial score (nSPS) is 13.3. The topological polar surface area (TPSA) is 62.4 Å². The van der Waals surface area contributed by atoms with Crippen LogP contribution in [0.3, 0.4) is 0 Å². The van der Waals surface area contributed by atoms with Crippen LogP contribution in [0.15, 0.2) is 12.3 Å². The van der Waals surface area contributed by atoms with E-state index in [-0.39, 0.29) is 0 Å². The highest BCUT2D eigenvalue weighted by Crippen LogP contribution is 2.18. The van der Waals surface area contributed by atoms with Gasteiger partial charge in [-0.2, -0.15) is 0 Å². The van der Waals surface area contributed by atoms with Gasteiger partial charge in [-0.3, -0.25) is 4.90 Å². The van der Waals surface area contributed by atoms with E-state index in [1.807, 2.05) is 13.0 Å². The summed E-state index contributed by atoms with van der Waals surface area (Å²) >= 11 is 0. The molecule has 4 heteroatoms. The molecule has 0 fully saturated rings. The highest BCUT2D eigenvalue weighted by Gasteiger charge is 2.16. The van der Waals surface area contributed by atoms with Crippen molar-refractivity contribution in [2.45, 2.75) is 46.3 Å². The lowest BCUT2D eigenvalue weighted by molar-refractivity contribution is 0.0953. The minimum absolute atomic E-state index is 0.433. The van der Waals surface area contributed by atoms with Gasteiger partial charge in [0.15, 0.2) is 0 Å². The number of pyridine rings is 1. The summed E-state index contributed by atoms with van der Waals surface area (Å²) in [5.74, 6) is 0.528. The maximum Gasteiger partial charge on any atom is 0.126 e. The van der Waals surface area contributed by atoms with Crippen LogP contribution in [-0.4, -0.2) is 34.1 Å². The lowest BCUT2D eigenvalue weighted by atomic mass is 10.1. The van der Waals surface area contributed by atoms with E-state index in [0.29, 0.717) is 18.4 Å². The van der Waals surface area contributed by atoms with E-state index >= 15 is 0 Å². The zero-order chi connectivity index (χ0) is 13.7. The molecule has 0 bridgehead atoms. The van der Waals surface area contributed by atoms with E-state index in [9.17, 15) is 5.11 Å². The molecule has 0 aliphatic rings. The highest BCUT2D eigenvalue weighted by atomic mass is 16.3. The molecule has 0 aromatic carbocycles. The van der Waals surface area contributed by atoms with Gasteiger partial charge in [-0.25, -0.2) is 4.98 Å². The maximum atomic E-state index is 10.3. The molecule has 0 radical (unpaired) electrons. The van der Waals surface area contributed by atoms with Crippen LogP contribution in [0.25, 0.3) is 0 Å². The number of hydrogen-bond donors (Lipinski definition) is 2. The first-order chi connectivity index (χ1) is 8.45. The van der Waals surface area contributed by atoms with Crippen LogP contribution < -0.4 is 5.73 Å². The molecule has 1 aromatic heterocycles. The molecule has 102 valence electrons. The second-order valence-electron chi connectivity index (χ2n) is 5.08. The molecule has 0 unspecified atom stereocenters. The fourth-order valence-electron chi connectivity index (χ4n) is 1.96. The van der Waals surface area contributed by atoms with E-state index in [1.54, 1.807) is 6.20 Å². The predicted octanol–water partition coefficient (Wildman–Crippen LogP) is 2.13. The second-order valence-corrected chi connectivity index (χ2v) is 5.08. The van der Waals surface area contributed by atoms with Crippen molar-refractivity contribution >= 4 is 5.82 Å². The molecule has 1 aromatic rings. The highest BCUT2D eigenvalue weighted by molar-refractivity contribution is 5.40. The number of aliphatic hydroxyl groups is 1. The van der Waals surface area contributed by atoms with Gasteiger partial charge in [-0.05, 0) is 45.4 Å². The zero-order valence-electron chi connectivity index (χ0n) is 11.8. The van der Waals surface area contributed by atoms with E-state index < -0.39 is 6.10 Å². The van der Waals surface area contributed by atoms with Gasteiger partial charge in [0.1, 0.15) is 5.82 Å². The minimum Gasteiger partial charge on any atom is -0.387 e. The Morgan fingerprint density at radius 2 is 2.11 bits per heavy atom. The molecule has 1 rings (SSSR count). The summed E-state index contributed by atoms with van der Waals surface area (Å²) in [5, 5.41) is 10.3. The van der Waals surface area contributed by atoms with Crippen LogP contribution in [0, 0.1) is 6.92 Å². The minimum atomic E-state index is -0.509. The molecule has 0 amide bonds. The lowest BCUT2D eigenvalue weighted by Crippen LogP contribution is -2.35. The number of nitrogen functional groups attached to an aromatic ring is 1. The Morgan fingerprint density at radius 3 is 2.61 bits per heavy atom. The number of aryl methyl sites for hydroxylation is 1. The SMILES string of the molecule is CCCN(C[C@@H](O)c1cnc(N)c(C)c1)C(C)C. The largest absolute Gasteiger partial charge is 0.387 e. The summed E-state index contributed by atoms with van der Waals surface area (Å²) in [5.41, 5.74) is 7.43. The smallest absolute Gasteiger partial charge is 0.126 e. The second kappa shape index (κ2) is 6.71. The van der Waals surface area contributed by atoms with E-state index in [4.69, 9.17) is 5.73 Å². The van der Waals surface area contributed by atoms with Crippen LogP contribution in [-0.2, 0) is 0 Å². The summed E-state index contributed by atoms with van der Waals surface area (Å²) in [6.45, 7) is 9.98. The Morgan fingerprint density at radius 1 is 1.44 bits per heavy atom. The molecule has 1 atom stereocenters. The Kier molecular flexibility index (Phi) is 5.56. The van der Waals surface area contributed by atoms with Gasteiger partial charge >= 0.3 is 0 Å².